The number of carbonyl (C=O) groups excluding carboxylic acids is 1. The molecule has 0 aromatic carbocycles. The minimum absolute atomic E-state index is 0.247. The highest BCUT2D eigenvalue weighted by atomic mass is 16.5. The Morgan fingerprint density at radius 3 is 3.07 bits per heavy atom. The lowest BCUT2D eigenvalue weighted by Gasteiger charge is -2.18. The van der Waals surface area contributed by atoms with Gasteiger partial charge in [-0.25, -0.2) is 4.79 Å². The van der Waals surface area contributed by atoms with Gasteiger partial charge in [-0.15, -0.1) is 0 Å². The molecular weight excluding hydrogens is 192 g/mol. The van der Waals surface area contributed by atoms with E-state index in [1.165, 1.54) is 12.8 Å². The van der Waals surface area contributed by atoms with Crippen molar-refractivity contribution in [3.63, 3.8) is 0 Å². The van der Waals surface area contributed by atoms with Gasteiger partial charge in [0.05, 0.1) is 12.6 Å². The largest absolute Gasteiger partial charge is 0.450 e. The van der Waals surface area contributed by atoms with E-state index in [2.05, 4.69) is 17.6 Å². The van der Waals surface area contributed by atoms with Crippen molar-refractivity contribution in [1.82, 2.24) is 10.6 Å². The number of amides is 1. The molecule has 1 aliphatic carbocycles. The van der Waals surface area contributed by atoms with E-state index in [1.54, 1.807) is 0 Å². The molecule has 2 rings (SSSR count). The Bertz CT molecular complexity index is 239. The van der Waals surface area contributed by atoms with Crippen LogP contribution in [0.3, 0.4) is 0 Å². The Kier molecular flexibility index (Phi) is 3.14. The summed E-state index contributed by atoms with van der Waals surface area (Å²) in [5.74, 6) is 0. The van der Waals surface area contributed by atoms with Crippen molar-refractivity contribution >= 4 is 6.09 Å². The minimum Gasteiger partial charge on any atom is -0.450 e. The molecule has 0 radical (unpaired) electrons. The number of alkyl carbamates (subject to hydrolysis) is 1. The maximum Gasteiger partial charge on any atom is 0.407 e. The van der Waals surface area contributed by atoms with Gasteiger partial charge in [0.25, 0.3) is 0 Å². The van der Waals surface area contributed by atoms with E-state index in [1.807, 2.05) is 0 Å². The summed E-state index contributed by atoms with van der Waals surface area (Å²) in [6.45, 7) is 4.56. The van der Waals surface area contributed by atoms with Gasteiger partial charge in [-0.2, -0.15) is 0 Å². The second kappa shape index (κ2) is 4.39. The molecule has 2 N–H and O–H groups in total. The van der Waals surface area contributed by atoms with Crippen LogP contribution in [0, 0.1) is 5.41 Å². The monoisotopic (exact) mass is 212 g/mol. The third-order valence-electron chi connectivity index (χ3n) is 3.48. The van der Waals surface area contributed by atoms with Gasteiger partial charge in [0.2, 0.25) is 0 Å². The molecule has 1 spiro atoms. The SMILES string of the molecule is CCCCOC(=O)N[C@H]1CNCC12CC2. The molecule has 4 nitrogen and oxygen atoms in total. The second-order valence-corrected chi connectivity index (χ2v) is 4.68. The molecule has 1 saturated heterocycles. The average molecular weight is 212 g/mol. The van der Waals surface area contributed by atoms with Crippen molar-refractivity contribution < 1.29 is 9.53 Å². The molecule has 1 heterocycles. The van der Waals surface area contributed by atoms with Gasteiger partial charge < -0.3 is 15.4 Å². The second-order valence-electron chi connectivity index (χ2n) is 4.68. The first-order chi connectivity index (χ1) is 7.27. The standard InChI is InChI=1S/C11H20N2O2/c1-2-3-6-15-10(14)13-9-7-12-8-11(9)4-5-11/h9,12H,2-8H2,1H3,(H,13,14)/t9-/m0/s1. The molecule has 1 aliphatic heterocycles. The highest BCUT2D eigenvalue weighted by Crippen LogP contribution is 2.50. The van der Waals surface area contributed by atoms with Gasteiger partial charge >= 0.3 is 6.09 Å². The van der Waals surface area contributed by atoms with Crippen molar-refractivity contribution in [2.45, 2.75) is 38.6 Å². The Morgan fingerprint density at radius 1 is 1.60 bits per heavy atom. The van der Waals surface area contributed by atoms with E-state index < -0.39 is 0 Å². The minimum atomic E-state index is -0.247. The van der Waals surface area contributed by atoms with Crippen LogP contribution >= 0.6 is 0 Å². The topological polar surface area (TPSA) is 50.4 Å². The predicted molar refractivity (Wildman–Crippen MR) is 57.7 cm³/mol. The predicted octanol–water partition coefficient (Wildman–Crippen LogP) is 1.26. The molecular formula is C11H20N2O2. The number of carbonyl (C=O) groups is 1. The van der Waals surface area contributed by atoms with E-state index in [-0.39, 0.29) is 12.1 Å². The van der Waals surface area contributed by atoms with Crippen LogP contribution < -0.4 is 10.6 Å². The van der Waals surface area contributed by atoms with Crippen LogP contribution in [0.4, 0.5) is 4.79 Å². The number of nitrogens with one attached hydrogen (secondary N) is 2. The highest BCUT2D eigenvalue weighted by Gasteiger charge is 2.52. The third kappa shape index (κ3) is 2.43. The van der Waals surface area contributed by atoms with Crippen LogP contribution in [0.1, 0.15) is 32.6 Å². The van der Waals surface area contributed by atoms with E-state index in [0.29, 0.717) is 12.0 Å². The number of ether oxygens (including phenoxy) is 1. The first-order valence-electron chi connectivity index (χ1n) is 5.91. The van der Waals surface area contributed by atoms with Gasteiger partial charge in [-0.3, -0.25) is 0 Å². The molecule has 0 unspecified atom stereocenters. The average Bonchev–Trinajstić information content (AvgIpc) is 2.87. The number of hydrogen-bond acceptors (Lipinski definition) is 3. The molecule has 1 amide bonds. The van der Waals surface area contributed by atoms with E-state index >= 15 is 0 Å². The van der Waals surface area contributed by atoms with Crippen molar-refractivity contribution in [2.24, 2.45) is 5.41 Å². The zero-order chi connectivity index (χ0) is 10.7. The molecule has 4 heteroatoms. The molecule has 2 aliphatic rings. The highest BCUT2D eigenvalue weighted by molar-refractivity contribution is 5.68. The van der Waals surface area contributed by atoms with Crippen molar-refractivity contribution in [1.29, 1.82) is 0 Å². The van der Waals surface area contributed by atoms with Gasteiger partial charge in [0.1, 0.15) is 0 Å². The quantitative estimate of drug-likeness (QED) is 0.690. The van der Waals surface area contributed by atoms with Crippen LogP contribution in [-0.2, 0) is 4.74 Å². The zero-order valence-corrected chi connectivity index (χ0v) is 9.34. The zero-order valence-electron chi connectivity index (χ0n) is 9.34. The normalized spacial score (nSPS) is 26.6. The van der Waals surface area contributed by atoms with Crippen LogP contribution in [0.25, 0.3) is 0 Å². The maximum absolute atomic E-state index is 11.4. The summed E-state index contributed by atoms with van der Waals surface area (Å²) in [4.78, 5) is 11.4. The molecule has 15 heavy (non-hydrogen) atoms. The fourth-order valence-corrected chi connectivity index (χ4v) is 2.19. The Balaban J connectivity index is 1.70. The molecule has 0 aromatic heterocycles. The van der Waals surface area contributed by atoms with Crippen LogP contribution in [0.5, 0.6) is 0 Å². The molecule has 0 aromatic rings. The summed E-state index contributed by atoms with van der Waals surface area (Å²) in [6, 6.07) is 0.284. The summed E-state index contributed by atoms with van der Waals surface area (Å²) >= 11 is 0. The van der Waals surface area contributed by atoms with Crippen LogP contribution in [0.2, 0.25) is 0 Å². The van der Waals surface area contributed by atoms with Crippen LogP contribution in [0.15, 0.2) is 0 Å². The van der Waals surface area contributed by atoms with Crippen molar-refractivity contribution in [3.8, 4) is 0 Å². The number of hydrogen-bond donors (Lipinski definition) is 2. The van der Waals surface area contributed by atoms with Gasteiger partial charge in [0, 0.05) is 18.5 Å². The summed E-state index contributed by atoms with van der Waals surface area (Å²) in [6.07, 6.45) is 4.23. The summed E-state index contributed by atoms with van der Waals surface area (Å²) < 4.78 is 5.09. The Labute approximate surface area is 90.8 Å². The molecule has 86 valence electrons. The fourth-order valence-electron chi connectivity index (χ4n) is 2.19. The first-order valence-corrected chi connectivity index (χ1v) is 5.91. The molecule has 0 bridgehead atoms. The fraction of sp³-hybridized carbons (Fsp3) is 0.909. The van der Waals surface area contributed by atoms with Crippen LogP contribution in [-0.4, -0.2) is 31.8 Å². The summed E-state index contributed by atoms with van der Waals surface area (Å²) in [7, 11) is 0. The maximum atomic E-state index is 11.4. The number of rotatable bonds is 4. The third-order valence-corrected chi connectivity index (χ3v) is 3.48. The van der Waals surface area contributed by atoms with Gasteiger partial charge in [-0.05, 0) is 19.3 Å². The van der Waals surface area contributed by atoms with Crippen molar-refractivity contribution in [3.05, 3.63) is 0 Å². The summed E-state index contributed by atoms with van der Waals surface area (Å²) in [5, 5.41) is 6.29. The number of unbranched alkanes of at least 4 members (excludes halogenated alkanes) is 1. The molecule has 1 atom stereocenters. The molecule has 2 fully saturated rings. The first kappa shape index (κ1) is 10.7. The van der Waals surface area contributed by atoms with E-state index in [9.17, 15) is 4.79 Å². The van der Waals surface area contributed by atoms with E-state index in [4.69, 9.17) is 4.74 Å². The smallest absolute Gasteiger partial charge is 0.407 e. The summed E-state index contributed by atoms with van der Waals surface area (Å²) in [5.41, 5.74) is 0.365. The Hall–Kier alpha value is -0.770. The van der Waals surface area contributed by atoms with E-state index in [0.717, 1.165) is 25.9 Å². The lowest BCUT2D eigenvalue weighted by molar-refractivity contribution is 0.138. The Morgan fingerprint density at radius 2 is 2.40 bits per heavy atom. The lowest BCUT2D eigenvalue weighted by Crippen LogP contribution is -2.41. The van der Waals surface area contributed by atoms with Gasteiger partial charge in [-0.1, -0.05) is 13.3 Å². The lowest BCUT2D eigenvalue weighted by atomic mass is 10.0. The van der Waals surface area contributed by atoms with Crippen molar-refractivity contribution in [2.75, 3.05) is 19.7 Å². The van der Waals surface area contributed by atoms with Gasteiger partial charge in [0.15, 0.2) is 0 Å². The molecule has 1 saturated carbocycles.